The van der Waals surface area contributed by atoms with Crippen LogP contribution in [0.5, 0.6) is 0 Å². The molecule has 0 rings (SSSR count). The first kappa shape index (κ1) is 13.6. The molecule has 0 aliphatic rings. The van der Waals surface area contributed by atoms with Crippen LogP contribution in [0.1, 0.15) is 53.4 Å². The number of ketones is 1. The lowest BCUT2D eigenvalue weighted by molar-refractivity contribution is -0.123. The van der Waals surface area contributed by atoms with Crippen LogP contribution in [0.15, 0.2) is 0 Å². The fourth-order valence-corrected chi connectivity index (χ4v) is 1.25. The van der Waals surface area contributed by atoms with E-state index in [2.05, 4.69) is 13.8 Å². The second-order valence-corrected chi connectivity index (χ2v) is 4.57. The van der Waals surface area contributed by atoms with Gasteiger partial charge in [0.2, 0.25) is 0 Å². The van der Waals surface area contributed by atoms with Crippen molar-refractivity contribution >= 4 is 5.78 Å². The second-order valence-electron chi connectivity index (χ2n) is 4.57. The van der Waals surface area contributed by atoms with Gasteiger partial charge in [0.05, 0.1) is 6.10 Å². The van der Waals surface area contributed by atoms with E-state index in [4.69, 9.17) is 0 Å². The van der Waals surface area contributed by atoms with E-state index in [1.807, 2.05) is 13.8 Å². The average Bonchev–Trinajstić information content (AvgIpc) is 2.13. The maximum atomic E-state index is 11.3. The monoisotopic (exact) mass is 200 g/mol. The Balaban J connectivity index is 3.65. The van der Waals surface area contributed by atoms with Gasteiger partial charge in [0, 0.05) is 12.3 Å². The number of aliphatic hydroxyl groups is 1. The van der Waals surface area contributed by atoms with Gasteiger partial charge in [0.1, 0.15) is 5.78 Å². The molecule has 0 aromatic heterocycles. The summed E-state index contributed by atoms with van der Waals surface area (Å²) in [7, 11) is 0. The van der Waals surface area contributed by atoms with Gasteiger partial charge in [-0.15, -0.1) is 0 Å². The molecule has 0 spiro atoms. The van der Waals surface area contributed by atoms with Gasteiger partial charge < -0.3 is 5.11 Å². The van der Waals surface area contributed by atoms with E-state index in [0.29, 0.717) is 12.3 Å². The second kappa shape index (κ2) is 6.99. The van der Waals surface area contributed by atoms with Crippen LogP contribution >= 0.6 is 0 Å². The number of carbonyl (C=O) groups excluding carboxylic acids is 1. The zero-order valence-electron chi connectivity index (χ0n) is 9.92. The van der Waals surface area contributed by atoms with Gasteiger partial charge in [-0.2, -0.15) is 0 Å². The van der Waals surface area contributed by atoms with Crippen molar-refractivity contribution in [2.75, 3.05) is 0 Å². The quantitative estimate of drug-likeness (QED) is 0.686. The smallest absolute Gasteiger partial charge is 0.137 e. The van der Waals surface area contributed by atoms with Crippen LogP contribution in [0, 0.1) is 11.8 Å². The highest BCUT2D eigenvalue weighted by atomic mass is 16.3. The minimum Gasteiger partial charge on any atom is -0.393 e. The van der Waals surface area contributed by atoms with Crippen molar-refractivity contribution in [2.24, 2.45) is 11.8 Å². The van der Waals surface area contributed by atoms with Crippen LogP contribution in [0.25, 0.3) is 0 Å². The maximum absolute atomic E-state index is 11.3. The Bertz CT molecular complexity index is 164. The van der Waals surface area contributed by atoms with Crippen molar-refractivity contribution in [1.82, 2.24) is 0 Å². The molecular weight excluding hydrogens is 176 g/mol. The van der Waals surface area contributed by atoms with Crippen LogP contribution in [0.4, 0.5) is 0 Å². The van der Waals surface area contributed by atoms with Gasteiger partial charge in [-0.1, -0.05) is 34.1 Å². The predicted molar refractivity (Wildman–Crippen MR) is 59.2 cm³/mol. The molecule has 0 aromatic rings. The third kappa shape index (κ3) is 6.14. The molecule has 0 saturated carbocycles. The standard InChI is InChI=1S/C12H24O2/c1-5-10(4)6-7-11(13)8-12(14)9(2)3/h9-11,13H,5-8H2,1-4H3/t10?,11-/m1/s1. The van der Waals surface area contributed by atoms with Crippen molar-refractivity contribution in [3.8, 4) is 0 Å². The minimum absolute atomic E-state index is 0.0493. The molecule has 1 unspecified atom stereocenters. The third-order valence-electron chi connectivity index (χ3n) is 2.77. The molecular formula is C12H24O2. The van der Waals surface area contributed by atoms with E-state index in [0.717, 1.165) is 19.3 Å². The first-order valence-electron chi connectivity index (χ1n) is 5.68. The lowest BCUT2D eigenvalue weighted by Crippen LogP contribution is -2.17. The zero-order valence-corrected chi connectivity index (χ0v) is 9.92. The molecule has 0 bridgehead atoms. The first-order chi connectivity index (χ1) is 6.47. The number of carbonyl (C=O) groups is 1. The number of Topliss-reactive ketones (excluding diaryl/α,β-unsaturated/α-hetero) is 1. The van der Waals surface area contributed by atoms with E-state index >= 15 is 0 Å². The van der Waals surface area contributed by atoms with Crippen molar-refractivity contribution in [3.63, 3.8) is 0 Å². The highest BCUT2D eigenvalue weighted by molar-refractivity contribution is 5.80. The van der Waals surface area contributed by atoms with E-state index in [1.54, 1.807) is 0 Å². The van der Waals surface area contributed by atoms with Gasteiger partial charge in [0.25, 0.3) is 0 Å². The van der Waals surface area contributed by atoms with Gasteiger partial charge in [-0.25, -0.2) is 0 Å². The molecule has 14 heavy (non-hydrogen) atoms. The lowest BCUT2D eigenvalue weighted by Gasteiger charge is -2.13. The van der Waals surface area contributed by atoms with E-state index < -0.39 is 6.10 Å². The Morgan fingerprint density at radius 1 is 1.21 bits per heavy atom. The fraction of sp³-hybridized carbons (Fsp3) is 0.917. The average molecular weight is 200 g/mol. The van der Waals surface area contributed by atoms with Gasteiger partial charge in [-0.05, 0) is 18.8 Å². The molecule has 0 amide bonds. The normalized spacial score (nSPS) is 15.6. The van der Waals surface area contributed by atoms with Crippen LogP contribution in [0.2, 0.25) is 0 Å². The van der Waals surface area contributed by atoms with Gasteiger partial charge in [0.15, 0.2) is 0 Å². The molecule has 2 atom stereocenters. The topological polar surface area (TPSA) is 37.3 Å². The van der Waals surface area contributed by atoms with Crippen LogP contribution in [0.3, 0.4) is 0 Å². The van der Waals surface area contributed by atoms with Gasteiger partial charge in [-0.3, -0.25) is 4.79 Å². The van der Waals surface area contributed by atoms with Crippen LogP contribution in [-0.2, 0) is 4.79 Å². The third-order valence-corrected chi connectivity index (χ3v) is 2.77. The number of rotatable bonds is 7. The van der Waals surface area contributed by atoms with E-state index in [1.165, 1.54) is 0 Å². The van der Waals surface area contributed by atoms with Crippen LogP contribution in [-0.4, -0.2) is 17.0 Å². The van der Waals surface area contributed by atoms with E-state index in [9.17, 15) is 9.90 Å². The Labute approximate surface area is 87.7 Å². The first-order valence-corrected chi connectivity index (χ1v) is 5.68. The number of aliphatic hydroxyl groups excluding tert-OH is 1. The van der Waals surface area contributed by atoms with Crippen molar-refractivity contribution in [2.45, 2.75) is 59.5 Å². The largest absolute Gasteiger partial charge is 0.393 e. The highest BCUT2D eigenvalue weighted by Gasteiger charge is 2.14. The number of hydrogen-bond acceptors (Lipinski definition) is 2. The summed E-state index contributed by atoms with van der Waals surface area (Å²) in [5, 5.41) is 9.59. The summed E-state index contributed by atoms with van der Waals surface area (Å²) in [5.74, 6) is 0.869. The molecule has 2 nitrogen and oxygen atoms in total. The van der Waals surface area contributed by atoms with Crippen molar-refractivity contribution in [1.29, 1.82) is 0 Å². The lowest BCUT2D eigenvalue weighted by atomic mass is 9.96. The molecule has 2 heteroatoms. The Morgan fingerprint density at radius 2 is 1.79 bits per heavy atom. The molecule has 0 aliphatic carbocycles. The Hall–Kier alpha value is -0.370. The van der Waals surface area contributed by atoms with Crippen LogP contribution < -0.4 is 0 Å². The summed E-state index contributed by atoms with van der Waals surface area (Å²) in [4.78, 5) is 11.3. The summed E-state index contributed by atoms with van der Waals surface area (Å²) in [6.45, 7) is 8.08. The molecule has 0 saturated heterocycles. The summed E-state index contributed by atoms with van der Waals surface area (Å²) in [6, 6.07) is 0. The fourth-order valence-electron chi connectivity index (χ4n) is 1.25. The molecule has 0 heterocycles. The summed E-state index contributed by atoms with van der Waals surface area (Å²) in [6.07, 6.45) is 2.81. The molecule has 0 aliphatic heterocycles. The highest BCUT2D eigenvalue weighted by Crippen LogP contribution is 2.14. The molecule has 0 fully saturated rings. The Kier molecular flexibility index (Phi) is 6.81. The maximum Gasteiger partial charge on any atom is 0.137 e. The SMILES string of the molecule is CCC(C)CC[C@@H](O)CC(=O)C(C)C. The summed E-state index contributed by atoms with van der Waals surface area (Å²) < 4.78 is 0. The Morgan fingerprint density at radius 3 is 2.21 bits per heavy atom. The summed E-state index contributed by atoms with van der Waals surface area (Å²) in [5.41, 5.74) is 0. The molecule has 1 N–H and O–H groups in total. The molecule has 0 aromatic carbocycles. The van der Waals surface area contributed by atoms with Gasteiger partial charge >= 0.3 is 0 Å². The molecule has 0 radical (unpaired) electrons. The zero-order chi connectivity index (χ0) is 11.1. The van der Waals surface area contributed by atoms with Crippen molar-refractivity contribution in [3.05, 3.63) is 0 Å². The minimum atomic E-state index is -0.432. The van der Waals surface area contributed by atoms with Crippen molar-refractivity contribution < 1.29 is 9.90 Å². The van der Waals surface area contributed by atoms with E-state index in [-0.39, 0.29) is 11.7 Å². The molecule has 84 valence electrons. The number of hydrogen-bond donors (Lipinski definition) is 1. The predicted octanol–water partition coefficient (Wildman–Crippen LogP) is 2.79. The summed E-state index contributed by atoms with van der Waals surface area (Å²) >= 11 is 0.